The van der Waals surface area contributed by atoms with Crippen LogP contribution in [0.25, 0.3) is 6.08 Å². The van der Waals surface area contributed by atoms with Gasteiger partial charge in [-0.2, -0.15) is 0 Å². The van der Waals surface area contributed by atoms with Crippen LogP contribution in [0, 0.1) is 0 Å². The molecule has 0 atom stereocenters. The topological polar surface area (TPSA) is 86.3 Å². The number of benzene rings is 1. The zero-order chi connectivity index (χ0) is 14.8. The summed E-state index contributed by atoms with van der Waals surface area (Å²) >= 11 is 0. The van der Waals surface area contributed by atoms with Gasteiger partial charge in [0.2, 0.25) is 10.0 Å². The van der Waals surface area contributed by atoms with Gasteiger partial charge in [-0.3, -0.25) is 0 Å². The van der Waals surface area contributed by atoms with Crippen molar-refractivity contribution in [2.75, 3.05) is 6.54 Å². The molecule has 0 aromatic heterocycles. The largest absolute Gasteiger partial charge is 0.550 e. The number of carbonyl (C=O) groups is 1. The average molecular weight is 296 g/mol. The lowest BCUT2D eigenvalue weighted by molar-refractivity contribution is -0.305. The fourth-order valence-electron chi connectivity index (χ4n) is 1.57. The lowest BCUT2D eigenvalue weighted by atomic mass is 10.2. The van der Waals surface area contributed by atoms with E-state index in [9.17, 15) is 18.3 Å². The van der Waals surface area contributed by atoms with Crippen molar-refractivity contribution in [2.24, 2.45) is 0 Å². The van der Waals surface area contributed by atoms with Crippen LogP contribution in [0.5, 0.6) is 0 Å². The first kappa shape index (κ1) is 16.4. The molecule has 0 saturated heterocycles. The van der Waals surface area contributed by atoms with E-state index >= 15 is 0 Å². The van der Waals surface area contributed by atoms with Gasteiger partial charge in [0.05, 0.1) is 0 Å². The minimum atomic E-state index is -3.44. The number of carboxylic acids is 1. The lowest BCUT2D eigenvalue weighted by Crippen LogP contribution is -2.23. The molecule has 6 heteroatoms. The minimum Gasteiger partial charge on any atom is -0.550 e. The first-order valence-corrected chi connectivity index (χ1v) is 7.97. The molecule has 0 radical (unpaired) electrons. The van der Waals surface area contributed by atoms with Gasteiger partial charge in [-0.25, -0.2) is 13.1 Å². The number of rotatable bonds is 9. The molecule has 1 aromatic rings. The Bertz CT molecular complexity index is 538. The van der Waals surface area contributed by atoms with Gasteiger partial charge < -0.3 is 9.90 Å². The molecule has 0 aliphatic carbocycles. The summed E-state index contributed by atoms with van der Waals surface area (Å²) in [6, 6.07) is 9.14. The van der Waals surface area contributed by atoms with Gasteiger partial charge in [-0.15, -0.1) is 0 Å². The van der Waals surface area contributed by atoms with E-state index in [-0.39, 0.29) is 6.42 Å². The van der Waals surface area contributed by atoms with E-state index in [4.69, 9.17) is 0 Å². The quantitative estimate of drug-likeness (QED) is 0.686. The second kappa shape index (κ2) is 8.50. The van der Waals surface area contributed by atoms with E-state index in [0.29, 0.717) is 25.8 Å². The molecular formula is C14H18NO4S-. The van der Waals surface area contributed by atoms with Crippen LogP contribution in [0.4, 0.5) is 0 Å². The Labute approximate surface area is 119 Å². The monoisotopic (exact) mass is 296 g/mol. The van der Waals surface area contributed by atoms with Crippen molar-refractivity contribution in [3.05, 3.63) is 41.3 Å². The Morgan fingerprint density at radius 2 is 1.85 bits per heavy atom. The van der Waals surface area contributed by atoms with Crippen molar-refractivity contribution < 1.29 is 18.3 Å². The molecule has 0 amide bonds. The molecule has 20 heavy (non-hydrogen) atoms. The maximum atomic E-state index is 11.6. The number of carboxylic acid groups (broad SMARTS) is 1. The summed E-state index contributed by atoms with van der Waals surface area (Å²) in [5, 5.41) is 11.3. The molecule has 1 N–H and O–H groups in total. The van der Waals surface area contributed by atoms with Gasteiger partial charge in [0.25, 0.3) is 0 Å². The van der Waals surface area contributed by atoms with Crippen LogP contribution in [0.3, 0.4) is 0 Å². The molecule has 0 bridgehead atoms. The highest BCUT2D eigenvalue weighted by Gasteiger charge is 2.03. The number of hydrogen-bond acceptors (Lipinski definition) is 4. The van der Waals surface area contributed by atoms with E-state index in [2.05, 4.69) is 4.72 Å². The number of sulfonamides is 1. The Balaban J connectivity index is 2.28. The third-order valence-electron chi connectivity index (χ3n) is 2.60. The molecule has 1 aromatic carbocycles. The van der Waals surface area contributed by atoms with E-state index < -0.39 is 16.0 Å². The van der Waals surface area contributed by atoms with Crippen molar-refractivity contribution in [3.63, 3.8) is 0 Å². The SMILES string of the molecule is O=C([O-])CCCCCNS(=O)(=O)/C=C/c1ccccc1. The molecule has 5 nitrogen and oxygen atoms in total. The Morgan fingerprint density at radius 1 is 1.15 bits per heavy atom. The van der Waals surface area contributed by atoms with E-state index in [0.717, 1.165) is 11.0 Å². The number of carbonyl (C=O) groups excluding carboxylic acids is 1. The number of aliphatic carboxylic acids is 1. The summed E-state index contributed by atoms with van der Waals surface area (Å²) in [6.45, 7) is 0.300. The summed E-state index contributed by atoms with van der Waals surface area (Å²) in [7, 11) is -3.44. The van der Waals surface area contributed by atoms with Gasteiger partial charge in [0, 0.05) is 17.9 Å². The maximum absolute atomic E-state index is 11.6. The summed E-state index contributed by atoms with van der Waals surface area (Å²) < 4.78 is 25.7. The van der Waals surface area contributed by atoms with Gasteiger partial charge in [0.1, 0.15) is 0 Å². The molecule has 0 fully saturated rings. The van der Waals surface area contributed by atoms with Crippen LogP contribution < -0.4 is 9.83 Å². The molecular weight excluding hydrogens is 278 g/mol. The first-order valence-electron chi connectivity index (χ1n) is 6.42. The zero-order valence-corrected chi connectivity index (χ0v) is 11.9. The number of hydrogen-bond donors (Lipinski definition) is 1. The normalized spacial score (nSPS) is 11.8. The molecule has 0 aliphatic heterocycles. The molecule has 0 spiro atoms. The van der Waals surface area contributed by atoms with Gasteiger partial charge in [-0.05, 0) is 30.9 Å². The maximum Gasteiger partial charge on any atom is 0.233 e. The first-order chi connectivity index (χ1) is 9.49. The van der Waals surface area contributed by atoms with Crippen LogP contribution in [-0.2, 0) is 14.8 Å². The highest BCUT2D eigenvalue weighted by atomic mass is 32.2. The van der Waals surface area contributed by atoms with Crippen LogP contribution >= 0.6 is 0 Å². The minimum absolute atomic E-state index is 0.0145. The standard InChI is InChI=1S/C14H19NO4S/c16-14(17)9-5-2-6-11-15-20(18,19)12-10-13-7-3-1-4-8-13/h1,3-4,7-8,10,12,15H,2,5-6,9,11H2,(H,16,17)/p-1/b12-10+. The summed E-state index contributed by atoms with van der Waals surface area (Å²) in [5.41, 5.74) is 0.812. The zero-order valence-electron chi connectivity index (χ0n) is 11.1. The molecule has 110 valence electrons. The van der Waals surface area contributed by atoms with Crippen LogP contribution in [-0.4, -0.2) is 20.9 Å². The van der Waals surface area contributed by atoms with Crippen molar-refractivity contribution in [3.8, 4) is 0 Å². The van der Waals surface area contributed by atoms with Crippen LogP contribution in [0.2, 0.25) is 0 Å². The van der Waals surface area contributed by atoms with Gasteiger partial charge in [0.15, 0.2) is 0 Å². The van der Waals surface area contributed by atoms with Crippen LogP contribution in [0.1, 0.15) is 31.2 Å². The molecule has 0 heterocycles. The molecule has 1 rings (SSSR count). The smallest absolute Gasteiger partial charge is 0.233 e. The highest BCUT2D eigenvalue weighted by Crippen LogP contribution is 2.03. The summed E-state index contributed by atoms with van der Waals surface area (Å²) in [5.74, 6) is -1.07. The molecule has 0 aliphatic rings. The Morgan fingerprint density at radius 3 is 2.50 bits per heavy atom. The molecule has 0 saturated carbocycles. The second-order valence-electron chi connectivity index (χ2n) is 4.34. The molecule has 0 unspecified atom stereocenters. The number of nitrogens with one attached hydrogen (secondary N) is 1. The third kappa shape index (κ3) is 7.70. The average Bonchev–Trinajstić information content (AvgIpc) is 2.41. The van der Waals surface area contributed by atoms with Crippen molar-refractivity contribution >= 4 is 22.1 Å². The van der Waals surface area contributed by atoms with Crippen molar-refractivity contribution in [1.82, 2.24) is 4.72 Å². The number of unbranched alkanes of at least 4 members (excludes halogenated alkanes) is 2. The Kier molecular flexibility index (Phi) is 6.97. The van der Waals surface area contributed by atoms with E-state index in [1.165, 1.54) is 6.08 Å². The van der Waals surface area contributed by atoms with Crippen molar-refractivity contribution in [2.45, 2.75) is 25.7 Å². The van der Waals surface area contributed by atoms with E-state index in [1.54, 1.807) is 0 Å². The van der Waals surface area contributed by atoms with E-state index in [1.807, 2.05) is 30.3 Å². The lowest BCUT2D eigenvalue weighted by Gasteiger charge is -2.03. The fourth-order valence-corrected chi connectivity index (χ4v) is 2.43. The summed E-state index contributed by atoms with van der Waals surface area (Å²) in [6.07, 6.45) is 3.30. The predicted octanol–water partition coefficient (Wildman–Crippen LogP) is 0.887. The second-order valence-corrected chi connectivity index (χ2v) is 5.99. The van der Waals surface area contributed by atoms with Crippen molar-refractivity contribution in [1.29, 1.82) is 0 Å². The predicted molar refractivity (Wildman–Crippen MR) is 75.9 cm³/mol. The Hall–Kier alpha value is -1.66. The fraction of sp³-hybridized carbons (Fsp3) is 0.357. The van der Waals surface area contributed by atoms with Gasteiger partial charge in [-0.1, -0.05) is 36.8 Å². The summed E-state index contributed by atoms with van der Waals surface area (Å²) in [4.78, 5) is 10.2. The highest BCUT2D eigenvalue weighted by molar-refractivity contribution is 7.92. The van der Waals surface area contributed by atoms with Gasteiger partial charge >= 0.3 is 0 Å². The van der Waals surface area contributed by atoms with Crippen LogP contribution in [0.15, 0.2) is 35.7 Å². The third-order valence-corrected chi connectivity index (χ3v) is 3.70.